The van der Waals surface area contributed by atoms with Crippen LogP contribution in [0.25, 0.3) is 0 Å². The molecular formula is C11H14N4O2S3. The standard InChI is InChI=1S/C11H14N4O2S3/c1-7-9(18-6-12-7)4-5-20(16,17)11-15-14-10(19-11)13-8-2-3-8/h6,8H,2-5H2,1H3,(H,13,14). The van der Waals surface area contributed by atoms with Crippen LogP contribution in [-0.2, 0) is 16.3 Å². The molecule has 0 bridgehead atoms. The molecule has 1 aliphatic carbocycles. The van der Waals surface area contributed by atoms with E-state index in [9.17, 15) is 8.42 Å². The molecule has 9 heteroatoms. The van der Waals surface area contributed by atoms with Crippen molar-refractivity contribution in [1.29, 1.82) is 0 Å². The highest BCUT2D eigenvalue weighted by Gasteiger charge is 2.25. The average molecular weight is 330 g/mol. The van der Waals surface area contributed by atoms with Gasteiger partial charge < -0.3 is 5.32 Å². The molecule has 1 aliphatic rings. The van der Waals surface area contributed by atoms with Crippen molar-refractivity contribution in [2.45, 2.75) is 36.6 Å². The highest BCUT2D eigenvalue weighted by molar-refractivity contribution is 7.93. The van der Waals surface area contributed by atoms with Crippen LogP contribution in [0, 0.1) is 6.92 Å². The van der Waals surface area contributed by atoms with E-state index < -0.39 is 9.84 Å². The lowest BCUT2D eigenvalue weighted by Crippen LogP contribution is -2.09. The number of aryl methyl sites for hydroxylation is 2. The SMILES string of the molecule is Cc1ncsc1CCS(=O)(=O)c1nnc(NC2CC2)s1. The predicted octanol–water partition coefficient (Wildman–Crippen LogP) is 1.89. The lowest BCUT2D eigenvalue weighted by molar-refractivity contribution is 0.593. The Morgan fingerprint density at radius 3 is 2.85 bits per heavy atom. The third kappa shape index (κ3) is 3.15. The van der Waals surface area contributed by atoms with Crippen molar-refractivity contribution in [3.8, 4) is 0 Å². The summed E-state index contributed by atoms with van der Waals surface area (Å²) in [6.07, 6.45) is 2.71. The number of nitrogens with one attached hydrogen (secondary N) is 1. The van der Waals surface area contributed by atoms with E-state index in [0.717, 1.165) is 34.7 Å². The van der Waals surface area contributed by atoms with E-state index in [4.69, 9.17) is 0 Å². The van der Waals surface area contributed by atoms with E-state index in [1.165, 1.54) is 11.3 Å². The summed E-state index contributed by atoms with van der Waals surface area (Å²) in [5, 5.41) is 11.4. The molecule has 20 heavy (non-hydrogen) atoms. The lowest BCUT2D eigenvalue weighted by atomic mass is 10.3. The molecule has 0 aliphatic heterocycles. The first-order valence-electron chi connectivity index (χ1n) is 6.26. The molecule has 3 rings (SSSR count). The minimum absolute atomic E-state index is 0.0497. The van der Waals surface area contributed by atoms with Gasteiger partial charge in [-0.2, -0.15) is 0 Å². The Hall–Kier alpha value is -1.06. The summed E-state index contributed by atoms with van der Waals surface area (Å²) in [7, 11) is -3.36. The van der Waals surface area contributed by atoms with E-state index in [0.29, 0.717) is 17.6 Å². The number of hydrogen-bond donors (Lipinski definition) is 1. The fraction of sp³-hybridized carbons (Fsp3) is 0.545. The van der Waals surface area contributed by atoms with Crippen LogP contribution in [0.15, 0.2) is 9.85 Å². The van der Waals surface area contributed by atoms with Crippen LogP contribution < -0.4 is 5.32 Å². The summed E-state index contributed by atoms with van der Waals surface area (Å²) < 4.78 is 24.5. The third-order valence-electron chi connectivity index (χ3n) is 3.02. The molecule has 0 atom stereocenters. The number of sulfone groups is 1. The minimum atomic E-state index is -3.36. The molecule has 6 nitrogen and oxygen atoms in total. The summed E-state index contributed by atoms with van der Waals surface area (Å²) >= 11 is 2.60. The molecule has 0 amide bonds. The van der Waals surface area contributed by atoms with Gasteiger partial charge in [-0.15, -0.1) is 21.5 Å². The van der Waals surface area contributed by atoms with Crippen LogP contribution in [0.1, 0.15) is 23.4 Å². The zero-order chi connectivity index (χ0) is 14.2. The normalized spacial score (nSPS) is 15.4. The lowest BCUT2D eigenvalue weighted by Gasteiger charge is -1.99. The number of nitrogens with zero attached hydrogens (tertiary/aromatic N) is 3. The maximum absolute atomic E-state index is 12.2. The Morgan fingerprint density at radius 1 is 1.40 bits per heavy atom. The van der Waals surface area contributed by atoms with E-state index in [2.05, 4.69) is 20.5 Å². The number of thiazole rings is 1. The average Bonchev–Trinajstić information content (AvgIpc) is 2.91. The van der Waals surface area contributed by atoms with Crippen molar-refractivity contribution in [2.75, 3.05) is 11.1 Å². The maximum atomic E-state index is 12.2. The van der Waals surface area contributed by atoms with Gasteiger partial charge in [0.15, 0.2) is 0 Å². The van der Waals surface area contributed by atoms with Gasteiger partial charge in [0.25, 0.3) is 0 Å². The van der Waals surface area contributed by atoms with Gasteiger partial charge in [-0.05, 0) is 26.2 Å². The van der Waals surface area contributed by atoms with Gasteiger partial charge in [-0.1, -0.05) is 11.3 Å². The Morgan fingerprint density at radius 2 is 2.20 bits per heavy atom. The molecule has 0 saturated heterocycles. The first kappa shape index (κ1) is 13.9. The minimum Gasteiger partial charge on any atom is -0.357 e. The molecule has 0 aromatic carbocycles. The summed E-state index contributed by atoms with van der Waals surface area (Å²) in [4.78, 5) is 5.13. The van der Waals surface area contributed by atoms with Crippen LogP contribution in [0.5, 0.6) is 0 Å². The number of hydrogen-bond acceptors (Lipinski definition) is 8. The van der Waals surface area contributed by atoms with Crippen LogP contribution in [0.3, 0.4) is 0 Å². The Labute approximate surface area is 125 Å². The molecule has 2 heterocycles. The van der Waals surface area contributed by atoms with Crippen molar-refractivity contribution in [2.24, 2.45) is 0 Å². The number of aromatic nitrogens is 3. The second-order valence-corrected chi connectivity index (χ2v) is 8.92. The third-order valence-corrected chi connectivity index (χ3v) is 7.03. The van der Waals surface area contributed by atoms with Crippen LogP contribution >= 0.6 is 22.7 Å². The highest BCUT2D eigenvalue weighted by atomic mass is 32.2. The number of rotatable bonds is 6. The topological polar surface area (TPSA) is 84.8 Å². The second kappa shape index (κ2) is 5.38. The molecule has 2 aromatic rings. The molecule has 108 valence electrons. The van der Waals surface area contributed by atoms with E-state index in [-0.39, 0.29) is 10.1 Å². The molecule has 1 N–H and O–H groups in total. The Kier molecular flexibility index (Phi) is 3.74. The van der Waals surface area contributed by atoms with Crippen molar-refractivity contribution >= 4 is 37.6 Å². The largest absolute Gasteiger partial charge is 0.357 e. The number of anilines is 1. The van der Waals surface area contributed by atoms with Crippen molar-refractivity contribution < 1.29 is 8.42 Å². The van der Waals surface area contributed by atoms with Crippen LogP contribution in [0.4, 0.5) is 5.13 Å². The molecule has 0 spiro atoms. The van der Waals surface area contributed by atoms with Crippen molar-refractivity contribution in [3.05, 3.63) is 16.1 Å². The van der Waals surface area contributed by atoms with Gasteiger partial charge in [0.1, 0.15) is 0 Å². The first-order chi connectivity index (χ1) is 9.54. The summed E-state index contributed by atoms with van der Waals surface area (Å²) in [6, 6.07) is 0.443. The van der Waals surface area contributed by atoms with E-state index in [1.807, 2.05) is 6.92 Å². The van der Waals surface area contributed by atoms with Crippen LogP contribution in [0.2, 0.25) is 0 Å². The molecule has 0 unspecified atom stereocenters. The van der Waals surface area contributed by atoms with Crippen molar-refractivity contribution in [3.63, 3.8) is 0 Å². The molecule has 0 radical (unpaired) electrons. The summed E-state index contributed by atoms with van der Waals surface area (Å²) in [6.45, 7) is 1.89. The highest BCUT2D eigenvalue weighted by Crippen LogP contribution is 2.28. The smallest absolute Gasteiger partial charge is 0.234 e. The zero-order valence-corrected chi connectivity index (χ0v) is 13.3. The van der Waals surface area contributed by atoms with Gasteiger partial charge in [0.2, 0.25) is 19.3 Å². The van der Waals surface area contributed by atoms with E-state index >= 15 is 0 Å². The predicted molar refractivity (Wildman–Crippen MR) is 79.2 cm³/mol. The Bertz CT molecular complexity index is 703. The summed E-state index contributed by atoms with van der Waals surface area (Å²) in [5.41, 5.74) is 2.64. The monoisotopic (exact) mass is 330 g/mol. The molecule has 1 fully saturated rings. The van der Waals surface area contributed by atoms with Crippen molar-refractivity contribution in [1.82, 2.24) is 15.2 Å². The van der Waals surface area contributed by atoms with E-state index in [1.54, 1.807) is 5.51 Å². The first-order valence-corrected chi connectivity index (χ1v) is 9.61. The molecule has 2 aromatic heterocycles. The molecule has 1 saturated carbocycles. The fourth-order valence-corrected chi connectivity index (χ4v) is 4.95. The second-order valence-electron chi connectivity index (χ2n) is 4.72. The zero-order valence-electron chi connectivity index (χ0n) is 10.9. The maximum Gasteiger partial charge on any atom is 0.234 e. The van der Waals surface area contributed by atoms with Gasteiger partial charge >= 0.3 is 0 Å². The quantitative estimate of drug-likeness (QED) is 0.870. The fourth-order valence-electron chi connectivity index (χ4n) is 1.68. The Balaban J connectivity index is 1.67. The van der Waals surface area contributed by atoms with Crippen LogP contribution in [-0.4, -0.2) is 35.4 Å². The van der Waals surface area contributed by atoms with Gasteiger partial charge in [0.05, 0.1) is 17.0 Å². The van der Waals surface area contributed by atoms with Gasteiger partial charge in [0, 0.05) is 10.9 Å². The van der Waals surface area contributed by atoms with Gasteiger partial charge in [-0.3, -0.25) is 0 Å². The van der Waals surface area contributed by atoms with Gasteiger partial charge in [-0.25, -0.2) is 13.4 Å². The molecular weight excluding hydrogens is 316 g/mol. The summed E-state index contributed by atoms with van der Waals surface area (Å²) in [5.74, 6) is 0.0497.